The molecule has 1 N–H and O–H groups in total. The summed E-state index contributed by atoms with van der Waals surface area (Å²) in [4.78, 5) is 15.8. The van der Waals surface area contributed by atoms with E-state index in [9.17, 15) is 4.79 Å². The molecule has 1 amide bonds. The molecule has 0 spiro atoms. The maximum absolute atomic E-state index is 11.7. The van der Waals surface area contributed by atoms with Gasteiger partial charge in [-0.05, 0) is 30.7 Å². The first-order valence-electron chi connectivity index (χ1n) is 6.35. The van der Waals surface area contributed by atoms with Crippen molar-refractivity contribution in [2.45, 2.75) is 13.3 Å². The molecule has 0 aliphatic heterocycles. The first kappa shape index (κ1) is 15.6. The van der Waals surface area contributed by atoms with E-state index in [4.69, 9.17) is 27.9 Å². The Balaban J connectivity index is 1.81. The molecule has 6 heteroatoms. The second-order valence-corrected chi connectivity index (χ2v) is 5.20. The summed E-state index contributed by atoms with van der Waals surface area (Å²) < 4.78 is 5.45. The van der Waals surface area contributed by atoms with Crippen LogP contribution in [-0.2, 0) is 4.79 Å². The van der Waals surface area contributed by atoms with Gasteiger partial charge in [0.05, 0.1) is 18.1 Å². The van der Waals surface area contributed by atoms with Gasteiger partial charge in [-0.1, -0.05) is 35.3 Å². The van der Waals surface area contributed by atoms with Gasteiger partial charge in [0.2, 0.25) is 5.91 Å². The van der Waals surface area contributed by atoms with Crippen LogP contribution in [0.5, 0.6) is 5.75 Å². The van der Waals surface area contributed by atoms with E-state index in [2.05, 4.69) is 10.3 Å². The molecule has 0 saturated carbocycles. The van der Waals surface area contributed by atoms with Crippen LogP contribution in [0.25, 0.3) is 0 Å². The van der Waals surface area contributed by atoms with Gasteiger partial charge >= 0.3 is 0 Å². The molecule has 1 heterocycles. The molecule has 0 aliphatic carbocycles. The van der Waals surface area contributed by atoms with E-state index in [0.717, 1.165) is 5.56 Å². The fraction of sp³-hybridized carbons (Fsp3) is 0.200. The molecular weight excluding hydrogens is 311 g/mol. The number of carbonyl (C=O) groups is 1. The van der Waals surface area contributed by atoms with E-state index < -0.39 is 0 Å². The molecule has 0 unspecified atom stereocenters. The van der Waals surface area contributed by atoms with Crippen LogP contribution in [0.3, 0.4) is 0 Å². The van der Waals surface area contributed by atoms with Crippen molar-refractivity contribution >= 4 is 34.9 Å². The number of carbonyl (C=O) groups excluding carboxylic acids is 1. The fourth-order valence-corrected chi connectivity index (χ4v) is 1.94. The Labute approximate surface area is 133 Å². The van der Waals surface area contributed by atoms with E-state index in [1.165, 1.54) is 0 Å². The summed E-state index contributed by atoms with van der Waals surface area (Å²) in [5.74, 6) is 0.807. The number of nitrogens with one attached hydrogen (secondary N) is 1. The first-order chi connectivity index (χ1) is 10.1. The van der Waals surface area contributed by atoms with Crippen LogP contribution in [0, 0.1) is 6.92 Å². The topological polar surface area (TPSA) is 51.2 Å². The molecule has 0 radical (unpaired) electrons. The number of rotatable bonds is 5. The zero-order valence-electron chi connectivity index (χ0n) is 11.4. The molecule has 110 valence electrons. The smallest absolute Gasteiger partial charge is 0.228 e. The summed E-state index contributed by atoms with van der Waals surface area (Å²) in [6.07, 6.45) is 1.89. The van der Waals surface area contributed by atoms with E-state index in [1.54, 1.807) is 30.5 Å². The van der Waals surface area contributed by atoms with Gasteiger partial charge in [0.15, 0.2) is 0 Å². The Morgan fingerprint density at radius 1 is 1.29 bits per heavy atom. The van der Waals surface area contributed by atoms with Gasteiger partial charge < -0.3 is 10.1 Å². The third kappa shape index (κ3) is 4.62. The highest BCUT2D eigenvalue weighted by Gasteiger charge is 2.07. The number of halogens is 2. The Kier molecular flexibility index (Phi) is 5.42. The van der Waals surface area contributed by atoms with Crippen LogP contribution in [0.1, 0.15) is 12.0 Å². The van der Waals surface area contributed by atoms with Crippen LogP contribution in [0.4, 0.5) is 5.82 Å². The number of hydrogen-bond donors (Lipinski definition) is 1. The lowest BCUT2D eigenvalue weighted by molar-refractivity contribution is -0.116. The van der Waals surface area contributed by atoms with Crippen LogP contribution < -0.4 is 10.1 Å². The third-order valence-electron chi connectivity index (χ3n) is 2.68. The minimum atomic E-state index is -0.176. The van der Waals surface area contributed by atoms with Gasteiger partial charge in [0.25, 0.3) is 0 Å². The normalized spacial score (nSPS) is 10.2. The highest BCUT2D eigenvalue weighted by Crippen LogP contribution is 2.31. The minimum Gasteiger partial charge on any atom is -0.491 e. The molecule has 4 nitrogen and oxygen atoms in total. The molecule has 1 aromatic heterocycles. The molecule has 1 aromatic carbocycles. The van der Waals surface area contributed by atoms with E-state index >= 15 is 0 Å². The van der Waals surface area contributed by atoms with Crippen molar-refractivity contribution in [1.82, 2.24) is 4.98 Å². The average Bonchev–Trinajstić information content (AvgIpc) is 2.46. The predicted molar refractivity (Wildman–Crippen MR) is 84.2 cm³/mol. The number of pyridine rings is 1. The highest BCUT2D eigenvalue weighted by molar-refractivity contribution is 6.42. The number of anilines is 1. The van der Waals surface area contributed by atoms with Crippen molar-refractivity contribution in [2.75, 3.05) is 11.9 Å². The van der Waals surface area contributed by atoms with Crippen molar-refractivity contribution in [1.29, 1.82) is 0 Å². The lowest BCUT2D eigenvalue weighted by Gasteiger charge is -2.09. The van der Waals surface area contributed by atoms with Crippen LogP contribution in [-0.4, -0.2) is 17.5 Å². The standard InChI is InChI=1S/C15H14Cl2N2O2/c1-10-5-6-13(18-9-10)19-14(20)7-8-21-12-4-2-3-11(16)15(12)17/h2-6,9H,7-8H2,1H3,(H,18,19,20). The molecule has 0 fully saturated rings. The maximum atomic E-state index is 11.7. The summed E-state index contributed by atoms with van der Waals surface area (Å²) in [6.45, 7) is 2.14. The number of aromatic nitrogens is 1. The zero-order valence-corrected chi connectivity index (χ0v) is 12.9. The Morgan fingerprint density at radius 2 is 2.10 bits per heavy atom. The number of aryl methyl sites for hydroxylation is 1. The second-order valence-electron chi connectivity index (χ2n) is 4.42. The number of benzene rings is 1. The van der Waals surface area contributed by atoms with Crippen molar-refractivity contribution in [3.05, 3.63) is 52.1 Å². The molecule has 2 rings (SSSR count). The van der Waals surface area contributed by atoms with Gasteiger partial charge in [0, 0.05) is 6.20 Å². The van der Waals surface area contributed by atoms with E-state index in [-0.39, 0.29) is 18.9 Å². The van der Waals surface area contributed by atoms with Crippen LogP contribution >= 0.6 is 23.2 Å². The van der Waals surface area contributed by atoms with E-state index in [1.807, 2.05) is 13.0 Å². The second kappa shape index (κ2) is 7.29. The quantitative estimate of drug-likeness (QED) is 0.900. The summed E-state index contributed by atoms with van der Waals surface area (Å²) in [7, 11) is 0. The van der Waals surface area contributed by atoms with Crippen LogP contribution in [0.2, 0.25) is 10.0 Å². The largest absolute Gasteiger partial charge is 0.491 e. The molecule has 2 aromatic rings. The molecule has 21 heavy (non-hydrogen) atoms. The first-order valence-corrected chi connectivity index (χ1v) is 7.11. The molecule has 0 aliphatic rings. The van der Waals surface area contributed by atoms with Crippen molar-refractivity contribution in [3.63, 3.8) is 0 Å². The summed E-state index contributed by atoms with van der Waals surface area (Å²) >= 11 is 11.9. The number of nitrogens with zero attached hydrogens (tertiary/aromatic N) is 1. The molecular formula is C15H14Cl2N2O2. The predicted octanol–water partition coefficient (Wildman–Crippen LogP) is 4.10. The Bertz CT molecular complexity index is 630. The Morgan fingerprint density at radius 3 is 2.81 bits per heavy atom. The monoisotopic (exact) mass is 324 g/mol. The van der Waals surface area contributed by atoms with Gasteiger partial charge in [-0.15, -0.1) is 0 Å². The summed E-state index contributed by atoms with van der Waals surface area (Å²) in [5, 5.41) is 3.46. The minimum absolute atomic E-state index is 0.176. The molecule has 0 atom stereocenters. The lowest BCUT2D eigenvalue weighted by atomic mass is 10.3. The zero-order chi connectivity index (χ0) is 15.2. The SMILES string of the molecule is Cc1ccc(NC(=O)CCOc2cccc(Cl)c2Cl)nc1. The van der Waals surface area contributed by atoms with Gasteiger partial charge in [0.1, 0.15) is 16.6 Å². The molecule has 0 saturated heterocycles. The van der Waals surface area contributed by atoms with Gasteiger partial charge in [-0.3, -0.25) is 4.79 Å². The number of hydrogen-bond acceptors (Lipinski definition) is 3. The van der Waals surface area contributed by atoms with Crippen molar-refractivity contribution in [3.8, 4) is 5.75 Å². The highest BCUT2D eigenvalue weighted by atomic mass is 35.5. The summed E-state index contributed by atoms with van der Waals surface area (Å²) in [6, 6.07) is 8.74. The van der Waals surface area contributed by atoms with Gasteiger partial charge in [-0.25, -0.2) is 4.98 Å². The third-order valence-corrected chi connectivity index (χ3v) is 3.48. The van der Waals surface area contributed by atoms with Crippen LogP contribution in [0.15, 0.2) is 36.5 Å². The number of amides is 1. The van der Waals surface area contributed by atoms with Crippen molar-refractivity contribution < 1.29 is 9.53 Å². The number of ether oxygens (including phenoxy) is 1. The summed E-state index contributed by atoms with van der Waals surface area (Å²) in [5.41, 5.74) is 1.03. The van der Waals surface area contributed by atoms with Gasteiger partial charge in [-0.2, -0.15) is 0 Å². The Hall–Kier alpha value is -1.78. The van der Waals surface area contributed by atoms with E-state index in [0.29, 0.717) is 21.6 Å². The molecule has 0 bridgehead atoms. The fourth-order valence-electron chi connectivity index (χ4n) is 1.60. The van der Waals surface area contributed by atoms with Crippen molar-refractivity contribution in [2.24, 2.45) is 0 Å². The average molecular weight is 325 g/mol. The maximum Gasteiger partial charge on any atom is 0.228 e. The lowest BCUT2D eigenvalue weighted by Crippen LogP contribution is -2.16.